The molecule has 2 rings (SSSR count). The van der Waals surface area contributed by atoms with Crippen LogP contribution in [0.25, 0.3) is 0 Å². The molecule has 4 heteroatoms. The zero-order chi connectivity index (χ0) is 10.8. The highest BCUT2D eigenvalue weighted by Crippen LogP contribution is 2.20. The van der Waals surface area contributed by atoms with Crippen molar-refractivity contribution in [3.63, 3.8) is 0 Å². The third-order valence-electron chi connectivity index (χ3n) is 2.35. The zero-order valence-corrected chi connectivity index (χ0v) is 8.40. The molecular formula is C11H12O4. The standard InChI is InChI=1S/C11H12O4/c1-7-2-3-8(4-10(7)11(12)13)15-9-5-14-6-9/h2-4,9H,5-6H2,1H3,(H,12,13). The molecule has 1 aliphatic heterocycles. The number of carbonyl (C=O) groups is 1. The number of hydrogen-bond acceptors (Lipinski definition) is 3. The number of carboxylic acid groups (broad SMARTS) is 1. The summed E-state index contributed by atoms with van der Waals surface area (Å²) in [7, 11) is 0. The van der Waals surface area contributed by atoms with Crippen LogP contribution in [0.15, 0.2) is 18.2 Å². The monoisotopic (exact) mass is 208 g/mol. The van der Waals surface area contributed by atoms with Gasteiger partial charge in [0.25, 0.3) is 0 Å². The Kier molecular flexibility index (Phi) is 2.60. The zero-order valence-electron chi connectivity index (χ0n) is 8.40. The average Bonchev–Trinajstić information content (AvgIpc) is 2.13. The number of carboxylic acids is 1. The van der Waals surface area contributed by atoms with Crippen LogP contribution in [0.3, 0.4) is 0 Å². The van der Waals surface area contributed by atoms with Crippen LogP contribution in [0.5, 0.6) is 5.75 Å². The maximum absolute atomic E-state index is 10.9. The molecule has 0 amide bonds. The molecular weight excluding hydrogens is 196 g/mol. The highest BCUT2D eigenvalue weighted by atomic mass is 16.6. The summed E-state index contributed by atoms with van der Waals surface area (Å²) in [4.78, 5) is 10.9. The van der Waals surface area contributed by atoms with Gasteiger partial charge in [0.05, 0.1) is 18.8 Å². The van der Waals surface area contributed by atoms with Crippen molar-refractivity contribution in [3.05, 3.63) is 29.3 Å². The van der Waals surface area contributed by atoms with Crippen molar-refractivity contribution < 1.29 is 19.4 Å². The van der Waals surface area contributed by atoms with Crippen LogP contribution in [-0.2, 0) is 4.74 Å². The molecule has 1 saturated heterocycles. The summed E-state index contributed by atoms with van der Waals surface area (Å²) in [5.74, 6) is -0.339. The summed E-state index contributed by atoms with van der Waals surface area (Å²) < 4.78 is 10.5. The lowest BCUT2D eigenvalue weighted by atomic mass is 10.1. The van der Waals surface area contributed by atoms with E-state index in [-0.39, 0.29) is 11.7 Å². The van der Waals surface area contributed by atoms with E-state index in [1.54, 1.807) is 25.1 Å². The summed E-state index contributed by atoms with van der Waals surface area (Å²) in [6.45, 7) is 2.92. The first-order valence-corrected chi connectivity index (χ1v) is 4.75. The second-order valence-electron chi connectivity index (χ2n) is 3.56. The summed E-state index contributed by atoms with van der Waals surface area (Å²) in [5, 5.41) is 8.92. The minimum absolute atomic E-state index is 0.0642. The Hall–Kier alpha value is -1.55. The van der Waals surface area contributed by atoms with Gasteiger partial charge in [-0.05, 0) is 24.6 Å². The van der Waals surface area contributed by atoms with Crippen LogP contribution in [0.2, 0.25) is 0 Å². The highest BCUT2D eigenvalue weighted by molar-refractivity contribution is 5.89. The van der Waals surface area contributed by atoms with Gasteiger partial charge in [-0.25, -0.2) is 4.79 Å². The van der Waals surface area contributed by atoms with E-state index in [1.165, 1.54) is 0 Å². The molecule has 0 bridgehead atoms. The summed E-state index contributed by atoms with van der Waals surface area (Å²) in [5.41, 5.74) is 1.02. The Bertz CT molecular complexity index is 382. The van der Waals surface area contributed by atoms with Crippen molar-refractivity contribution >= 4 is 5.97 Å². The summed E-state index contributed by atoms with van der Waals surface area (Å²) in [6.07, 6.45) is 0.0642. The van der Waals surface area contributed by atoms with Gasteiger partial charge in [-0.3, -0.25) is 0 Å². The maximum Gasteiger partial charge on any atom is 0.336 e. The van der Waals surface area contributed by atoms with Gasteiger partial charge < -0.3 is 14.6 Å². The van der Waals surface area contributed by atoms with Gasteiger partial charge in [-0.1, -0.05) is 6.07 Å². The van der Waals surface area contributed by atoms with Crippen LogP contribution in [0.4, 0.5) is 0 Å². The van der Waals surface area contributed by atoms with E-state index in [0.717, 1.165) is 5.56 Å². The van der Waals surface area contributed by atoms with Crippen molar-refractivity contribution in [3.8, 4) is 5.75 Å². The third-order valence-corrected chi connectivity index (χ3v) is 2.35. The van der Waals surface area contributed by atoms with Crippen molar-refractivity contribution in [2.75, 3.05) is 13.2 Å². The number of hydrogen-bond donors (Lipinski definition) is 1. The van der Waals surface area contributed by atoms with Gasteiger partial charge in [0.2, 0.25) is 0 Å². The van der Waals surface area contributed by atoms with E-state index in [4.69, 9.17) is 14.6 Å². The van der Waals surface area contributed by atoms with Gasteiger partial charge in [0, 0.05) is 0 Å². The fourth-order valence-electron chi connectivity index (χ4n) is 1.38. The van der Waals surface area contributed by atoms with Crippen LogP contribution in [0.1, 0.15) is 15.9 Å². The lowest BCUT2D eigenvalue weighted by Crippen LogP contribution is -2.38. The van der Waals surface area contributed by atoms with Gasteiger partial charge in [-0.15, -0.1) is 0 Å². The van der Waals surface area contributed by atoms with Gasteiger partial charge >= 0.3 is 5.97 Å². The van der Waals surface area contributed by atoms with Crippen molar-refractivity contribution in [2.45, 2.75) is 13.0 Å². The first-order chi connectivity index (χ1) is 7.16. The van der Waals surface area contributed by atoms with Crippen molar-refractivity contribution in [1.29, 1.82) is 0 Å². The maximum atomic E-state index is 10.9. The number of aryl methyl sites for hydroxylation is 1. The minimum atomic E-state index is -0.928. The normalized spacial score (nSPS) is 15.8. The molecule has 0 aromatic heterocycles. The SMILES string of the molecule is Cc1ccc(OC2COC2)cc1C(=O)O. The van der Waals surface area contributed by atoms with E-state index in [9.17, 15) is 4.79 Å². The first kappa shape index (κ1) is 9.98. The fraction of sp³-hybridized carbons (Fsp3) is 0.364. The predicted octanol–water partition coefficient (Wildman–Crippen LogP) is 1.47. The topological polar surface area (TPSA) is 55.8 Å². The van der Waals surface area contributed by atoms with Crippen LogP contribution in [-0.4, -0.2) is 30.4 Å². The number of benzene rings is 1. The smallest absolute Gasteiger partial charge is 0.336 e. The van der Waals surface area contributed by atoms with Crippen LogP contribution in [0, 0.1) is 6.92 Å². The molecule has 1 aromatic carbocycles. The highest BCUT2D eigenvalue weighted by Gasteiger charge is 2.20. The van der Waals surface area contributed by atoms with E-state index < -0.39 is 5.97 Å². The molecule has 4 nitrogen and oxygen atoms in total. The van der Waals surface area contributed by atoms with E-state index in [2.05, 4.69) is 0 Å². The molecule has 0 unspecified atom stereocenters. The molecule has 1 aliphatic rings. The van der Waals surface area contributed by atoms with E-state index in [0.29, 0.717) is 19.0 Å². The lowest BCUT2D eigenvalue weighted by Gasteiger charge is -2.26. The second kappa shape index (κ2) is 3.90. The van der Waals surface area contributed by atoms with E-state index >= 15 is 0 Å². The largest absolute Gasteiger partial charge is 0.486 e. The molecule has 0 aliphatic carbocycles. The molecule has 1 heterocycles. The fourth-order valence-corrected chi connectivity index (χ4v) is 1.38. The number of rotatable bonds is 3. The number of aromatic carboxylic acids is 1. The Balaban J connectivity index is 2.17. The molecule has 0 radical (unpaired) electrons. The Morgan fingerprint density at radius 1 is 1.53 bits per heavy atom. The Morgan fingerprint density at radius 2 is 2.27 bits per heavy atom. The first-order valence-electron chi connectivity index (χ1n) is 4.75. The Morgan fingerprint density at radius 3 is 2.80 bits per heavy atom. The molecule has 80 valence electrons. The van der Waals surface area contributed by atoms with Crippen molar-refractivity contribution in [2.24, 2.45) is 0 Å². The molecule has 1 aromatic rings. The summed E-state index contributed by atoms with van der Waals surface area (Å²) >= 11 is 0. The predicted molar refractivity (Wildman–Crippen MR) is 53.4 cm³/mol. The molecule has 1 fully saturated rings. The number of ether oxygens (including phenoxy) is 2. The molecule has 0 saturated carbocycles. The third kappa shape index (κ3) is 2.10. The van der Waals surface area contributed by atoms with Crippen LogP contribution >= 0.6 is 0 Å². The van der Waals surface area contributed by atoms with E-state index in [1.807, 2.05) is 0 Å². The van der Waals surface area contributed by atoms with Gasteiger partial charge in [0.15, 0.2) is 0 Å². The Labute approximate surface area is 87.4 Å². The minimum Gasteiger partial charge on any atom is -0.486 e. The molecule has 0 atom stereocenters. The van der Waals surface area contributed by atoms with Crippen molar-refractivity contribution in [1.82, 2.24) is 0 Å². The molecule has 15 heavy (non-hydrogen) atoms. The second-order valence-corrected chi connectivity index (χ2v) is 3.56. The molecule has 1 N–H and O–H groups in total. The van der Waals surface area contributed by atoms with Gasteiger partial charge in [-0.2, -0.15) is 0 Å². The lowest BCUT2D eigenvalue weighted by molar-refractivity contribution is -0.0797. The molecule has 0 spiro atoms. The average molecular weight is 208 g/mol. The van der Waals surface area contributed by atoms with Gasteiger partial charge in [0.1, 0.15) is 11.9 Å². The quantitative estimate of drug-likeness (QED) is 0.817. The van der Waals surface area contributed by atoms with Crippen LogP contribution < -0.4 is 4.74 Å². The summed E-state index contributed by atoms with van der Waals surface area (Å²) in [6, 6.07) is 5.08.